The smallest absolute Gasteiger partial charge is 0.255 e. The average Bonchev–Trinajstić information content (AvgIpc) is 2.35. The number of hydrogen-bond acceptors (Lipinski definition) is 2. The molecule has 18 heavy (non-hydrogen) atoms. The fraction of sp³-hybridized carbons (Fsp3) is 0.462. The van der Waals surface area contributed by atoms with Crippen LogP contribution in [0, 0.1) is 0 Å². The van der Waals surface area contributed by atoms with Crippen LogP contribution in [0.2, 0.25) is 0 Å². The number of nitrogens with zero attached hydrogens (tertiary/aromatic N) is 1. The summed E-state index contributed by atoms with van der Waals surface area (Å²) < 4.78 is 24.2. The first-order chi connectivity index (χ1) is 8.50. The first-order valence-electron chi connectivity index (χ1n) is 5.83. The number of hydrogen-bond donors (Lipinski definition) is 1. The van der Waals surface area contributed by atoms with E-state index < -0.39 is 13.0 Å². The molecule has 3 nitrogen and oxygen atoms in total. The normalized spacial score (nSPS) is 12.5. The van der Waals surface area contributed by atoms with Crippen molar-refractivity contribution in [3.63, 3.8) is 0 Å². The van der Waals surface area contributed by atoms with Gasteiger partial charge in [0.05, 0.1) is 6.54 Å². The van der Waals surface area contributed by atoms with Gasteiger partial charge in [0.25, 0.3) is 6.43 Å². The first kappa shape index (κ1) is 14.6. The molecule has 0 aliphatic rings. The standard InChI is InChI=1S/C13H18F2N2O/c1-17(9-12(14)15)13(18)8-7-11(16)10-5-3-2-4-6-10/h2-6,11-12H,7-9,16H2,1H3. The van der Waals surface area contributed by atoms with Crippen LogP contribution >= 0.6 is 0 Å². The Morgan fingerprint density at radius 3 is 2.50 bits per heavy atom. The third-order valence-corrected chi connectivity index (χ3v) is 2.73. The lowest BCUT2D eigenvalue weighted by molar-refractivity contribution is -0.131. The molecule has 1 rings (SSSR count). The van der Waals surface area contributed by atoms with E-state index in [-0.39, 0.29) is 18.4 Å². The molecule has 1 amide bonds. The van der Waals surface area contributed by atoms with Crippen molar-refractivity contribution in [3.05, 3.63) is 35.9 Å². The molecular weight excluding hydrogens is 238 g/mol. The summed E-state index contributed by atoms with van der Waals surface area (Å²) in [5, 5.41) is 0. The molecule has 0 aliphatic heterocycles. The highest BCUT2D eigenvalue weighted by Gasteiger charge is 2.15. The van der Waals surface area contributed by atoms with Crippen LogP contribution in [0.15, 0.2) is 30.3 Å². The van der Waals surface area contributed by atoms with Crippen molar-refractivity contribution in [1.82, 2.24) is 4.90 Å². The molecule has 0 spiro atoms. The Balaban J connectivity index is 2.39. The number of rotatable bonds is 6. The number of nitrogens with two attached hydrogens (primary N) is 1. The van der Waals surface area contributed by atoms with Crippen LogP contribution in [-0.4, -0.2) is 30.8 Å². The van der Waals surface area contributed by atoms with Gasteiger partial charge in [-0.05, 0) is 12.0 Å². The SMILES string of the molecule is CN(CC(F)F)C(=O)CCC(N)c1ccccc1. The zero-order valence-electron chi connectivity index (χ0n) is 10.4. The van der Waals surface area contributed by atoms with Gasteiger partial charge >= 0.3 is 0 Å². The Kier molecular flexibility index (Phi) is 5.71. The van der Waals surface area contributed by atoms with Crippen LogP contribution in [0.1, 0.15) is 24.4 Å². The fourth-order valence-corrected chi connectivity index (χ4v) is 1.65. The summed E-state index contributed by atoms with van der Waals surface area (Å²) in [5.41, 5.74) is 6.87. The zero-order chi connectivity index (χ0) is 13.5. The van der Waals surface area contributed by atoms with Gasteiger partial charge in [0.15, 0.2) is 0 Å². The maximum atomic E-state index is 12.1. The minimum Gasteiger partial charge on any atom is -0.340 e. The Labute approximate surface area is 106 Å². The van der Waals surface area contributed by atoms with E-state index >= 15 is 0 Å². The summed E-state index contributed by atoms with van der Waals surface area (Å²) in [7, 11) is 1.38. The van der Waals surface area contributed by atoms with Gasteiger partial charge in [-0.25, -0.2) is 8.78 Å². The van der Waals surface area contributed by atoms with Crippen molar-refractivity contribution in [3.8, 4) is 0 Å². The van der Waals surface area contributed by atoms with Gasteiger partial charge in [-0.2, -0.15) is 0 Å². The van der Waals surface area contributed by atoms with Gasteiger partial charge in [-0.15, -0.1) is 0 Å². The molecule has 1 aromatic carbocycles. The quantitative estimate of drug-likeness (QED) is 0.848. The Bertz CT molecular complexity index is 371. The lowest BCUT2D eigenvalue weighted by Crippen LogP contribution is -2.31. The molecule has 0 radical (unpaired) electrons. The molecule has 0 bridgehead atoms. The van der Waals surface area contributed by atoms with Crippen molar-refractivity contribution in [2.75, 3.05) is 13.6 Å². The molecule has 0 fully saturated rings. The number of carbonyl (C=O) groups excluding carboxylic acids is 1. The number of amides is 1. The number of carbonyl (C=O) groups is 1. The maximum absolute atomic E-state index is 12.1. The Hall–Kier alpha value is -1.49. The van der Waals surface area contributed by atoms with Crippen LogP contribution in [-0.2, 0) is 4.79 Å². The van der Waals surface area contributed by atoms with Crippen LogP contribution in [0.4, 0.5) is 8.78 Å². The molecule has 0 heterocycles. The van der Waals surface area contributed by atoms with Crippen molar-refractivity contribution in [1.29, 1.82) is 0 Å². The monoisotopic (exact) mass is 256 g/mol. The van der Waals surface area contributed by atoms with Gasteiger partial charge in [-0.1, -0.05) is 30.3 Å². The molecular formula is C13H18F2N2O. The zero-order valence-corrected chi connectivity index (χ0v) is 10.4. The summed E-state index contributed by atoms with van der Waals surface area (Å²) in [6.07, 6.45) is -1.86. The van der Waals surface area contributed by atoms with Crippen molar-refractivity contribution in [2.45, 2.75) is 25.3 Å². The van der Waals surface area contributed by atoms with Crippen LogP contribution < -0.4 is 5.73 Å². The Morgan fingerprint density at radius 1 is 1.33 bits per heavy atom. The van der Waals surface area contributed by atoms with E-state index in [1.807, 2.05) is 30.3 Å². The van der Waals surface area contributed by atoms with E-state index in [0.717, 1.165) is 10.5 Å². The van der Waals surface area contributed by atoms with E-state index in [0.29, 0.717) is 6.42 Å². The van der Waals surface area contributed by atoms with E-state index in [1.54, 1.807) is 0 Å². The largest absolute Gasteiger partial charge is 0.340 e. The van der Waals surface area contributed by atoms with E-state index in [9.17, 15) is 13.6 Å². The molecule has 1 aromatic rings. The highest BCUT2D eigenvalue weighted by atomic mass is 19.3. The van der Waals surface area contributed by atoms with Gasteiger partial charge in [0.1, 0.15) is 0 Å². The number of halogens is 2. The van der Waals surface area contributed by atoms with Crippen molar-refractivity contribution >= 4 is 5.91 Å². The highest BCUT2D eigenvalue weighted by molar-refractivity contribution is 5.75. The molecule has 0 saturated heterocycles. The topological polar surface area (TPSA) is 46.3 Å². The third-order valence-electron chi connectivity index (χ3n) is 2.73. The minimum absolute atomic E-state index is 0.180. The molecule has 1 atom stereocenters. The molecule has 0 saturated carbocycles. The number of benzene rings is 1. The van der Waals surface area contributed by atoms with E-state index in [1.165, 1.54) is 7.05 Å². The summed E-state index contributed by atoms with van der Waals surface area (Å²) in [6.45, 7) is -0.528. The first-order valence-corrected chi connectivity index (χ1v) is 5.83. The molecule has 5 heteroatoms. The van der Waals surface area contributed by atoms with Crippen molar-refractivity contribution in [2.24, 2.45) is 5.73 Å². The molecule has 1 unspecified atom stereocenters. The summed E-state index contributed by atoms with van der Waals surface area (Å²) in [6, 6.07) is 9.17. The van der Waals surface area contributed by atoms with Gasteiger partial charge in [0, 0.05) is 19.5 Å². The lowest BCUT2D eigenvalue weighted by atomic mass is 10.0. The summed E-state index contributed by atoms with van der Waals surface area (Å²) in [4.78, 5) is 12.6. The van der Waals surface area contributed by atoms with E-state index in [2.05, 4.69) is 0 Å². The second-order valence-electron chi connectivity index (χ2n) is 4.22. The lowest BCUT2D eigenvalue weighted by Gasteiger charge is -2.18. The predicted octanol–water partition coefficient (Wildman–Crippen LogP) is 2.19. The molecule has 2 N–H and O–H groups in total. The summed E-state index contributed by atoms with van der Waals surface area (Å²) >= 11 is 0. The minimum atomic E-state index is -2.50. The fourth-order valence-electron chi connectivity index (χ4n) is 1.65. The van der Waals surface area contributed by atoms with E-state index in [4.69, 9.17) is 5.73 Å². The predicted molar refractivity (Wildman–Crippen MR) is 66.2 cm³/mol. The summed E-state index contributed by atoms with van der Waals surface area (Å²) in [5.74, 6) is -0.304. The second-order valence-corrected chi connectivity index (χ2v) is 4.22. The maximum Gasteiger partial charge on any atom is 0.255 e. The van der Waals surface area contributed by atoms with Crippen LogP contribution in [0.25, 0.3) is 0 Å². The second kappa shape index (κ2) is 7.06. The van der Waals surface area contributed by atoms with Gasteiger partial charge in [-0.3, -0.25) is 4.79 Å². The third kappa shape index (κ3) is 4.79. The number of alkyl halides is 2. The highest BCUT2D eigenvalue weighted by Crippen LogP contribution is 2.15. The van der Waals surface area contributed by atoms with Crippen LogP contribution in [0.3, 0.4) is 0 Å². The molecule has 0 aliphatic carbocycles. The molecule has 0 aromatic heterocycles. The Morgan fingerprint density at radius 2 is 1.94 bits per heavy atom. The molecule has 100 valence electrons. The van der Waals surface area contributed by atoms with Crippen molar-refractivity contribution < 1.29 is 13.6 Å². The van der Waals surface area contributed by atoms with Gasteiger partial charge < -0.3 is 10.6 Å². The average molecular weight is 256 g/mol. The van der Waals surface area contributed by atoms with Gasteiger partial charge in [0.2, 0.25) is 5.91 Å². The van der Waals surface area contributed by atoms with Crippen LogP contribution in [0.5, 0.6) is 0 Å².